The van der Waals surface area contributed by atoms with Crippen LogP contribution in [0, 0.1) is 11.2 Å². The molecule has 0 saturated carbocycles. The standard InChI is InChI=1S/C13H18FN3O/c1-13(12(16)18)5-6-17(8-13)7-9-3-2-4-10(15)11(9)14/h2-4H,5-8,15H2,1H3,(H2,16,18). The zero-order valence-electron chi connectivity index (χ0n) is 10.4. The molecule has 4 nitrogen and oxygen atoms in total. The molecule has 1 amide bonds. The monoisotopic (exact) mass is 251 g/mol. The van der Waals surface area contributed by atoms with Gasteiger partial charge in [0.1, 0.15) is 0 Å². The number of nitrogen functional groups attached to an aromatic ring is 1. The van der Waals surface area contributed by atoms with Crippen LogP contribution in [0.1, 0.15) is 18.9 Å². The first-order chi connectivity index (χ1) is 8.42. The number of carbonyl (C=O) groups is 1. The summed E-state index contributed by atoms with van der Waals surface area (Å²) in [7, 11) is 0. The summed E-state index contributed by atoms with van der Waals surface area (Å²) in [5.41, 5.74) is 11.1. The number of amides is 1. The molecule has 0 aliphatic carbocycles. The van der Waals surface area contributed by atoms with E-state index in [0.29, 0.717) is 25.1 Å². The van der Waals surface area contributed by atoms with E-state index < -0.39 is 5.41 Å². The highest BCUT2D eigenvalue weighted by Crippen LogP contribution is 2.30. The molecule has 18 heavy (non-hydrogen) atoms. The lowest BCUT2D eigenvalue weighted by molar-refractivity contribution is -0.126. The van der Waals surface area contributed by atoms with Gasteiger partial charge in [-0.2, -0.15) is 0 Å². The second-order valence-electron chi connectivity index (χ2n) is 5.21. The van der Waals surface area contributed by atoms with Crippen molar-refractivity contribution in [2.75, 3.05) is 18.8 Å². The molecule has 1 fully saturated rings. The van der Waals surface area contributed by atoms with Gasteiger partial charge in [-0.15, -0.1) is 0 Å². The molecule has 1 aromatic rings. The molecule has 5 heteroatoms. The van der Waals surface area contributed by atoms with Crippen molar-refractivity contribution in [1.29, 1.82) is 0 Å². The Morgan fingerprint density at radius 2 is 2.28 bits per heavy atom. The highest BCUT2D eigenvalue weighted by Gasteiger charge is 2.38. The number of carbonyl (C=O) groups excluding carboxylic acids is 1. The van der Waals surface area contributed by atoms with Crippen LogP contribution in [-0.4, -0.2) is 23.9 Å². The molecular formula is C13H18FN3O. The minimum atomic E-state index is -0.503. The Morgan fingerprint density at radius 1 is 1.56 bits per heavy atom. The first kappa shape index (κ1) is 12.8. The van der Waals surface area contributed by atoms with Crippen LogP contribution >= 0.6 is 0 Å². The maximum absolute atomic E-state index is 13.8. The molecule has 1 aliphatic heterocycles. The van der Waals surface area contributed by atoms with E-state index in [9.17, 15) is 9.18 Å². The van der Waals surface area contributed by atoms with Gasteiger partial charge in [0.15, 0.2) is 5.82 Å². The van der Waals surface area contributed by atoms with Crippen LogP contribution < -0.4 is 11.5 Å². The van der Waals surface area contributed by atoms with Crippen molar-refractivity contribution < 1.29 is 9.18 Å². The van der Waals surface area contributed by atoms with E-state index in [1.54, 1.807) is 12.1 Å². The third-order valence-corrected chi connectivity index (χ3v) is 3.65. The largest absolute Gasteiger partial charge is 0.396 e. The van der Waals surface area contributed by atoms with Crippen molar-refractivity contribution in [3.8, 4) is 0 Å². The van der Waals surface area contributed by atoms with Crippen LogP contribution in [0.2, 0.25) is 0 Å². The lowest BCUT2D eigenvalue weighted by Crippen LogP contribution is -2.37. The van der Waals surface area contributed by atoms with Crippen molar-refractivity contribution >= 4 is 11.6 Å². The Hall–Kier alpha value is -1.62. The average molecular weight is 251 g/mol. The molecule has 1 aromatic carbocycles. The van der Waals surface area contributed by atoms with Crippen LogP contribution in [0.15, 0.2) is 18.2 Å². The van der Waals surface area contributed by atoms with Gasteiger partial charge in [0.05, 0.1) is 11.1 Å². The number of nitrogens with zero attached hydrogens (tertiary/aromatic N) is 1. The first-order valence-electron chi connectivity index (χ1n) is 5.97. The predicted octanol–water partition coefficient (Wildman–Crippen LogP) is 1.11. The Bertz CT molecular complexity index is 477. The molecule has 0 radical (unpaired) electrons. The minimum absolute atomic E-state index is 0.157. The Labute approximate surface area is 106 Å². The van der Waals surface area contributed by atoms with Crippen molar-refractivity contribution in [2.24, 2.45) is 11.1 Å². The van der Waals surface area contributed by atoms with Crippen LogP contribution in [0.3, 0.4) is 0 Å². The van der Waals surface area contributed by atoms with E-state index in [1.165, 1.54) is 6.07 Å². The van der Waals surface area contributed by atoms with Crippen molar-refractivity contribution in [3.05, 3.63) is 29.6 Å². The number of likely N-dealkylation sites (tertiary alicyclic amines) is 1. The van der Waals surface area contributed by atoms with E-state index in [-0.39, 0.29) is 17.4 Å². The Balaban J connectivity index is 2.08. The Morgan fingerprint density at radius 3 is 2.89 bits per heavy atom. The van der Waals surface area contributed by atoms with Crippen molar-refractivity contribution in [3.63, 3.8) is 0 Å². The SMILES string of the molecule is CC1(C(N)=O)CCN(Cc2cccc(N)c2F)C1. The molecule has 98 valence electrons. The quantitative estimate of drug-likeness (QED) is 0.790. The molecule has 1 atom stereocenters. The molecule has 0 spiro atoms. The Kier molecular flexibility index (Phi) is 3.26. The first-order valence-corrected chi connectivity index (χ1v) is 5.97. The number of primary amides is 1. The van der Waals surface area contributed by atoms with Crippen LogP contribution in [-0.2, 0) is 11.3 Å². The third-order valence-electron chi connectivity index (χ3n) is 3.65. The summed E-state index contributed by atoms with van der Waals surface area (Å²) in [6, 6.07) is 4.99. The zero-order valence-corrected chi connectivity index (χ0v) is 10.4. The van der Waals surface area contributed by atoms with E-state index >= 15 is 0 Å². The summed E-state index contributed by atoms with van der Waals surface area (Å²) >= 11 is 0. The van der Waals surface area contributed by atoms with Crippen LogP contribution in [0.25, 0.3) is 0 Å². The van der Waals surface area contributed by atoms with Gasteiger partial charge in [-0.1, -0.05) is 12.1 Å². The summed E-state index contributed by atoms with van der Waals surface area (Å²) in [6.45, 7) is 3.62. The zero-order chi connectivity index (χ0) is 13.3. The van der Waals surface area contributed by atoms with Crippen LogP contribution in [0.5, 0.6) is 0 Å². The molecule has 1 aliphatic rings. The number of anilines is 1. The van der Waals surface area contributed by atoms with E-state index in [0.717, 1.165) is 6.54 Å². The lowest BCUT2D eigenvalue weighted by atomic mass is 9.89. The molecule has 0 aromatic heterocycles. The third kappa shape index (κ3) is 2.31. The van der Waals surface area contributed by atoms with Crippen molar-refractivity contribution in [1.82, 2.24) is 4.90 Å². The van der Waals surface area contributed by atoms with Crippen molar-refractivity contribution in [2.45, 2.75) is 19.9 Å². The molecular weight excluding hydrogens is 233 g/mol. The van der Waals surface area contributed by atoms with E-state index in [1.807, 2.05) is 11.8 Å². The number of halogens is 1. The van der Waals surface area contributed by atoms with Crippen LogP contribution in [0.4, 0.5) is 10.1 Å². The summed E-state index contributed by atoms with van der Waals surface area (Å²) in [5, 5.41) is 0. The average Bonchev–Trinajstić information content (AvgIpc) is 2.68. The predicted molar refractivity (Wildman–Crippen MR) is 68.0 cm³/mol. The fourth-order valence-corrected chi connectivity index (χ4v) is 2.36. The minimum Gasteiger partial charge on any atom is -0.396 e. The van der Waals surface area contributed by atoms with Gasteiger partial charge in [0, 0.05) is 18.7 Å². The van der Waals surface area contributed by atoms with Gasteiger partial charge in [0.2, 0.25) is 5.91 Å². The van der Waals surface area contributed by atoms with Gasteiger partial charge in [-0.25, -0.2) is 4.39 Å². The highest BCUT2D eigenvalue weighted by molar-refractivity contribution is 5.81. The number of hydrogen-bond donors (Lipinski definition) is 2. The smallest absolute Gasteiger partial charge is 0.224 e. The summed E-state index contributed by atoms with van der Waals surface area (Å²) in [6.07, 6.45) is 0.715. The van der Waals surface area contributed by atoms with Gasteiger partial charge in [0.25, 0.3) is 0 Å². The number of rotatable bonds is 3. The van der Waals surface area contributed by atoms with Gasteiger partial charge in [-0.3, -0.25) is 9.69 Å². The number of benzene rings is 1. The second-order valence-corrected chi connectivity index (χ2v) is 5.21. The molecule has 1 unspecified atom stereocenters. The van der Waals surface area contributed by atoms with E-state index in [4.69, 9.17) is 11.5 Å². The van der Waals surface area contributed by atoms with Gasteiger partial charge in [-0.05, 0) is 26.0 Å². The maximum Gasteiger partial charge on any atom is 0.224 e. The topological polar surface area (TPSA) is 72.4 Å². The molecule has 4 N–H and O–H groups in total. The summed E-state index contributed by atoms with van der Waals surface area (Å²) in [4.78, 5) is 13.4. The molecule has 2 rings (SSSR count). The highest BCUT2D eigenvalue weighted by atomic mass is 19.1. The lowest BCUT2D eigenvalue weighted by Gasteiger charge is -2.21. The summed E-state index contributed by atoms with van der Waals surface area (Å²) in [5.74, 6) is -0.664. The normalized spacial score (nSPS) is 24.3. The van der Waals surface area contributed by atoms with Gasteiger partial charge >= 0.3 is 0 Å². The molecule has 1 heterocycles. The fraction of sp³-hybridized carbons (Fsp3) is 0.462. The van der Waals surface area contributed by atoms with E-state index in [2.05, 4.69) is 0 Å². The number of nitrogens with two attached hydrogens (primary N) is 2. The maximum atomic E-state index is 13.8. The summed E-state index contributed by atoms with van der Waals surface area (Å²) < 4.78 is 13.8. The number of hydrogen-bond acceptors (Lipinski definition) is 3. The van der Waals surface area contributed by atoms with Gasteiger partial charge < -0.3 is 11.5 Å². The molecule has 1 saturated heterocycles. The fourth-order valence-electron chi connectivity index (χ4n) is 2.36. The molecule has 0 bridgehead atoms. The second kappa shape index (κ2) is 4.57.